The third-order valence-electron chi connectivity index (χ3n) is 2.88. The number of amides is 1. The van der Waals surface area contributed by atoms with E-state index in [9.17, 15) is 4.79 Å². The van der Waals surface area contributed by atoms with E-state index in [1.54, 1.807) is 31.4 Å². The second-order valence-electron chi connectivity index (χ2n) is 4.45. The molecule has 0 atom stereocenters. The smallest absolute Gasteiger partial charge is 0.262 e. The number of anilines is 1. The zero-order chi connectivity index (χ0) is 15.2. The van der Waals surface area contributed by atoms with Gasteiger partial charge in [0.1, 0.15) is 0 Å². The lowest BCUT2D eigenvalue weighted by Gasteiger charge is -2.11. The van der Waals surface area contributed by atoms with E-state index in [1.807, 2.05) is 25.1 Å². The van der Waals surface area contributed by atoms with Gasteiger partial charge in [0.15, 0.2) is 18.1 Å². The van der Waals surface area contributed by atoms with Gasteiger partial charge in [-0.2, -0.15) is 0 Å². The van der Waals surface area contributed by atoms with E-state index >= 15 is 0 Å². The summed E-state index contributed by atoms with van der Waals surface area (Å²) in [7, 11) is 1.55. The number of benzene rings is 2. The second-order valence-corrected chi connectivity index (χ2v) is 4.86. The number of para-hydroxylation sites is 2. The molecule has 110 valence electrons. The number of halogens is 1. The van der Waals surface area contributed by atoms with Gasteiger partial charge in [-0.15, -0.1) is 0 Å². The number of carbonyl (C=O) groups excluding carboxylic acids is 1. The zero-order valence-electron chi connectivity index (χ0n) is 11.9. The minimum Gasteiger partial charge on any atom is -0.493 e. The van der Waals surface area contributed by atoms with Gasteiger partial charge in [-0.3, -0.25) is 4.79 Å². The molecule has 1 amide bonds. The van der Waals surface area contributed by atoms with Gasteiger partial charge in [-0.1, -0.05) is 29.8 Å². The van der Waals surface area contributed by atoms with Gasteiger partial charge in [-0.25, -0.2) is 0 Å². The van der Waals surface area contributed by atoms with Crippen LogP contribution in [-0.2, 0) is 4.79 Å². The van der Waals surface area contributed by atoms with Crippen molar-refractivity contribution < 1.29 is 14.3 Å². The average Bonchev–Trinajstić information content (AvgIpc) is 2.49. The molecule has 2 rings (SSSR count). The Labute approximate surface area is 128 Å². The van der Waals surface area contributed by atoms with Crippen LogP contribution in [0.3, 0.4) is 0 Å². The Bertz CT molecular complexity index is 643. The number of aryl methyl sites for hydroxylation is 1. The minimum atomic E-state index is -0.263. The van der Waals surface area contributed by atoms with Crippen LogP contribution in [0.4, 0.5) is 5.69 Å². The van der Waals surface area contributed by atoms with Crippen LogP contribution in [0.1, 0.15) is 5.56 Å². The Hall–Kier alpha value is -2.20. The van der Waals surface area contributed by atoms with Gasteiger partial charge < -0.3 is 14.8 Å². The highest BCUT2D eigenvalue weighted by Crippen LogP contribution is 2.25. The summed E-state index contributed by atoms with van der Waals surface area (Å²) >= 11 is 6.01. The molecular weight excluding hydrogens is 290 g/mol. The number of hydrogen-bond acceptors (Lipinski definition) is 3. The fraction of sp³-hybridized carbons (Fsp3) is 0.188. The van der Waals surface area contributed by atoms with Crippen molar-refractivity contribution in [1.82, 2.24) is 0 Å². The number of methoxy groups -OCH3 is 1. The number of carbonyl (C=O) groups is 1. The van der Waals surface area contributed by atoms with E-state index in [2.05, 4.69) is 5.32 Å². The first-order valence-corrected chi connectivity index (χ1v) is 6.80. The summed E-state index contributed by atoms with van der Waals surface area (Å²) in [5.74, 6) is 0.849. The quantitative estimate of drug-likeness (QED) is 0.916. The highest BCUT2D eigenvalue weighted by Gasteiger charge is 2.07. The molecule has 1 N–H and O–H groups in total. The first kappa shape index (κ1) is 15.2. The molecule has 0 bridgehead atoms. The number of nitrogens with one attached hydrogen (secondary N) is 1. The van der Waals surface area contributed by atoms with Crippen LogP contribution in [0.15, 0.2) is 42.5 Å². The van der Waals surface area contributed by atoms with Gasteiger partial charge >= 0.3 is 0 Å². The predicted molar refractivity (Wildman–Crippen MR) is 83.3 cm³/mol. The molecule has 0 aliphatic carbocycles. The molecular formula is C16H16ClNO3. The maximum absolute atomic E-state index is 11.9. The van der Waals surface area contributed by atoms with Crippen LogP contribution in [0, 0.1) is 6.92 Å². The van der Waals surface area contributed by atoms with Crippen molar-refractivity contribution in [1.29, 1.82) is 0 Å². The maximum Gasteiger partial charge on any atom is 0.262 e. The van der Waals surface area contributed by atoms with Crippen LogP contribution in [0.25, 0.3) is 0 Å². The SMILES string of the molecule is COc1ccccc1OCC(=O)Nc1ccc(C)c(Cl)c1. The molecule has 5 heteroatoms. The molecule has 0 aliphatic heterocycles. The van der Waals surface area contributed by atoms with Crippen molar-refractivity contribution in [3.8, 4) is 11.5 Å². The minimum absolute atomic E-state index is 0.105. The highest BCUT2D eigenvalue weighted by molar-refractivity contribution is 6.31. The molecule has 0 aromatic heterocycles. The van der Waals surface area contributed by atoms with Crippen molar-refractivity contribution in [2.24, 2.45) is 0 Å². The summed E-state index contributed by atoms with van der Waals surface area (Å²) in [4.78, 5) is 11.9. The lowest BCUT2D eigenvalue weighted by Crippen LogP contribution is -2.20. The molecule has 0 radical (unpaired) electrons. The van der Waals surface area contributed by atoms with Crippen molar-refractivity contribution in [3.05, 3.63) is 53.1 Å². The van der Waals surface area contributed by atoms with E-state index in [0.29, 0.717) is 22.2 Å². The van der Waals surface area contributed by atoms with Gasteiger partial charge in [-0.05, 0) is 36.8 Å². The molecule has 2 aromatic carbocycles. The molecule has 0 fully saturated rings. The average molecular weight is 306 g/mol. The third-order valence-corrected chi connectivity index (χ3v) is 3.29. The largest absolute Gasteiger partial charge is 0.493 e. The molecule has 2 aromatic rings. The molecule has 4 nitrogen and oxygen atoms in total. The molecule has 0 unspecified atom stereocenters. The molecule has 0 saturated carbocycles. The predicted octanol–water partition coefficient (Wildman–Crippen LogP) is 3.67. The van der Waals surface area contributed by atoms with Gasteiger partial charge in [0.2, 0.25) is 0 Å². The van der Waals surface area contributed by atoms with Crippen LogP contribution in [0.5, 0.6) is 11.5 Å². The standard InChI is InChI=1S/C16H16ClNO3/c1-11-7-8-12(9-13(11)17)18-16(19)10-21-15-6-4-3-5-14(15)20-2/h3-9H,10H2,1-2H3,(H,18,19). The van der Waals surface area contributed by atoms with Crippen molar-refractivity contribution >= 4 is 23.2 Å². The van der Waals surface area contributed by atoms with E-state index in [-0.39, 0.29) is 12.5 Å². The van der Waals surface area contributed by atoms with Gasteiger partial charge in [0, 0.05) is 10.7 Å². The third kappa shape index (κ3) is 4.13. The van der Waals surface area contributed by atoms with Crippen LogP contribution in [0.2, 0.25) is 5.02 Å². The summed E-state index contributed by atoms with van der Waals surface area (Å²) in [5, 5.41) is 3.34. The second kappa shape index (κ2) is 6.99. The molecule has 0 spiro atoms. The van der Waals surface area contributed by atoms with Gasteiger partial charge in [0.05, 0.1) is 7.11 Å². The maximum atomic E-state index is 11.9. The van der Waals surface area contributed by atoms with Crippen LogP contribution < -0.4 is 14.8 Å². The van der Waals surface area contributed by atoms with Crippen LogP contribution >= 0.6 is 11.6 Å². The Morgan fingerprint density at radius 2 is 1.90 bits per heavy atom. The fourth-order valence-corrected chi connectivity index (χ4v) is 1.93. The van der Waals surface area contributed by atoms with Gasteiger partial charge in [0.25, 0.3) is 5.91 Å². The van der Waals surface area contributed by atoms with E-state index in [4.69, 9.17) is 21.1 Å². The summed E-state index contributed by atoms with van der Waals surface area (Å²) in [6, 6.07) is 12.5. The first-order valence-electron chi connectivity index (χ1n) is 6.42. The summed E-state index contributed by atoms with van der Waals surface area (Å²) < 4.78 is 10.6. The summed E-state index contributed by atoms with van der Waals surface area (Å²) in [6.07, 6.45) is 0. The Balaban J connectivity index is 1.94. The molecule has 0 heterocycles. The fourth-order valence-electron chi connectivity index (χ4n) is 1.75. The highest BCUT2D eigenvalue weighted by atomic mass is 35.5. The zero-order valence-corrected chi connectivity index (χ0v) is 12.6. The monoisotopic (exact) mass is 305 g/mol. The Morgan fingerprint density at radius 3 is 2.57 bits per heavy atom. The lowest BCUT2D eigenvalue weighted by atomic mass is 10.2. The molecule has 0 saturated heterocycles. The number of hydrogen-bond donors (Lipinski definition) is 1. The number of rotatable bonds is 5. The topological polar surface area (TPSA) is 47.6 Å². The van der Waals surface area contributed by atoms with E-state index in [1.165, 1.54) is 0 Å². The molecule has 21 heavy (non-hydrogen) atoms. The number of ether oxygens (including phenoxy) is 2. The van der Waals surface area contributed by atoms with Crippen molar-refractivity contribution in [3.63, 3.8) is 0 Å². The Morgan fingerprint density at radius 1 is 1.19 bits per heavy atom. The van der Waals surface area contributed by atoms with E-state index in [0.717, 1.165) is 5.56 Å². The molecule has 0 aliphatic rings. The Kier molecular flexibility index (Phi) is 5.06. The normalized spacial score (nSPS) is 10.0. The van der Waals surface area contributed by atoms with Crippen LogP contribution in [-0.4, -0.2) is 19.6 Å². The first-order chi connectivity index (χ1) is 10.1. The summed E-state index contributed by atoms with van der Waals surface area (Å²) in [5.41, 5.74) is 1.60. The van der Waals surface area contributed by atoms with Crippen molar-refractivity contribution in [2.75, 3.05) is 19.0 Å². The van der Waals surface area contributed by atoms with E-state index < -0.39 is 0 Å². The summed E-state index contributed by atoms with van der Waals surface area (Å²) in [6.45, 7) is 1.80. The lowest BCUT2D eigenvalue weighted by molar-refractivity contribution is -0.118. The van der Waals surface area contributed by atoms with Crippen molar-refractivity contribution in [2.45, 2.75) is 6.92 Å².